The second-order valence-electron chi connectivity index (χ2n) is 6.23. The number of fused-ring (bicyclic) bond motifs is 2. The predicted molar refractivity (Wildman–Crippen MR) is 99.9 cm³/mol. The lowest BCUT2D eigenvalue weighted by Gasteiger charge is -2.15. The van der Waals surface area contributed by atoms with Crippen LogP contribution in [0.4, 0.5) is 0 Å². The van der Waals surface area contributed by atoms with Crippen LogP contribution in [-0.2, 0) is 13.1 Å². The first-order valence-electron chi connectivity index (χ1n) is 8.24. The van der Waals surface area contributed by atoms with Gasteiger partial charge in [0.15, 0.2) is 0 Å². The third-order valence-electron chi connectivity index (χ3n) is 4.16. The zero-order valence-electron chi connectivity index (χ0n) is 14.2. The van der Waals surface area contributed by atoms with Crippen molar-refractivity contribution in [2.45, 2.75) is 13.1 Å². The first kappa shape index (κ1) is 16.2. The number of nitrogens with zero attached hydrogens (tertiary/aromatic N) is 3. The number of nitrogens with one attached hydrogen (secondary N) is 2. The molecule has 0 aliphatic rings. The number of benzene rings is 2. The quantitative estimate of drug-likeness (QED) is 0.587. The zero-order valence-corrected chi connectivity index (χ0v) is 14.2. The molecule has 0 spiro atoms. The van der Waals surface area contributed by atoms with Crippen molar-refractivity contribution in [2.75, 3.05) is 7.05 Å². The number of rotatable bonds is 4. The lowest BCUT2D eigenvalue weighted by Crippen LogP contribution is -2.24. The highest BCUT2D eigenvalue weighted by atomic mass is 16.1. The Bertz CT molecular complexity index is 1120. The Labute approximate surface area is 148 Å². The van der Waals surface area contributed by atoms with Gasteiger partial charge >= 0.3 is 0 Å². The van der Waals surface area contributed by atoms with Gasteiger partial charge in [0, 0.05) is 0 Å². The number of hydrogen-bond donors (Lipinski definition) is 2. The summed E-state index contributed by atoms with van der Waals surface area (Å²) in [6, 6.07) is 14.5. The Morgan fingerprint density at radius 1 is 0.769 bits per heavy atom. The lowest BCUT2D eigenvalue weighted by molar-refractivity contribution is 0.303. The maximum atomic E-state index is 12.2. The highest BCUT2D eigenvalue weighted by Gasteiger charge is 2.09. The molecule has 0 unspecified atom stereocenters. The van der Waals surface area contributed by atoms with Gasteiger partial charge in [-0.25, -0.2) is 9.97 Å². The average molecular weight is 347 g/mol. The summed E-state index contributed by atoms with van der Waals surface area (Å²) >= 11 is 0. The normalized spacial score (nSPS) is 11.5. The molecule has 0 aliphatic heterocycles. The maximum Gasteiger partial charge on any atom is 0.258 e. The van der Waals surface area contributed by atoms with Gasteiger partial charge < -0.3 is 9.97 Å². The minimum atomic E-state index is -0.156. The van der Waals surface area contributed by atoms with Crippen molar-refractivity contribution in [3.63, 3.8) is 0 Å². The summed E-state index contributed by atoms with van der Waals surface area (Å²) in [4.78, 5) is 40.8. The van der Waals surface area contributed by atoms with E-state index in [-0.39, 0.29) is 11.1 Å². The Morgan fingerprint density at radius 2 is 1.19 bits per heavy atom. The Kier molecular flexibility index (Phi) is 4.06. The maximum absolute atomic E-state index is 12.2. The molecule has 4 aromatic rings. The summed E-state index contributed by atoms with van der Waals surface area (Å²) in [5.74, 6) is 1.14. The fourth-order valence-electron chi connectivity index (χ4n) is 2.99. The molecule has 0 aliphatic carbocycles. The van der Waals surface area contributed by atoms with Crippen molar-refractivity contribution in [1.82, 2.24) is 24.8 Å². The minimum absolute atomic E-state index is 0.156. The van der Waals surface area contributed by atoms with Gasteiger partial charge in [0.2, 0.25) is 0 Å². The Balaban J connectivity index is 1.58. The van der Waals surface area contributed by atoms with E-state index in [0.29, 0.717) is 46.5 Å². The van der Waals surface area contributed by atoms with Crippen LogP contribution in [0, 0.1) is 0 Å². The van der Waals surface area contributed by atoms with E-state index >= 15 is 0 Å². The minimum Gasteiger partial charge on any atom is -0.309 e. The van der Waals surface area contributed by atoms with Crippen molar-refractivity contribution in [2.24, 2.45) is 0 Å². The zero-order chi connectivity index (χ0) is 18.1. The predicted octanol–water partition coefficient (Wildman–Crippen LogP) is 1.79. The van der Waals surface area contributed by atoms with E-state index in [1.54, 1.807) is 12.1 Å². The van der Waals surface area contributed by atoms with Gasteiger partial charge in [-0.15, -0.1) is 0 Å². The number of H-pyrrole nitrogens is 2. The largest absolute Gasteiger partial charge is 0.309 e. The molecule has 4 rings (SSSR count). The molecular weight excluding hydrogens is 330 g/mol. The number of hydrogen-bond acceptors (Lipinski definition) is 5. The lowest BCUT2D eigenvalue weighted by atomic mass is 10.2. The Morgan fingerprint density at radius 3 is 1.65 bits per heavy atom. The van der Waals surface area contributed by atoms with Gasteiger partial charge in [-0.2, -0.15) is 0 Å². The van der Waals surface area contributed by atoms with Crippen LogP contribution in [0.1, 0.15) is 11.6 Å². The standard InChI is InChI=1S/C19H17N5O2/c1-24(10-16-20-14-8-4-2-6-12(14)18(25)22-16)11-17-21-15-9-5-3-7-13(15)19(26)23-17/h2-9H,10-11H2,1H3,(H,20,22,25)(H,21,23,26). The van der Waals surface area contributed by atoms with Crippen LogP contribution in [-0.4, -0.2) is 31.9 Å². The van der Waals surface area contributed by atoms with E-state index in [4.69, 9.17) is 0 Å². The number of aromatic nitrogens is 4. The molecule has 2 aromatic heterocycles. The van der Waals surface area contributed by atoms with Gasteiger partial charge in [-0.05, 0) is 31.3 Å². The van der Waals surface area contributed by atoms with E-state index in [1.807, 2.05) is 48.3 Å². The molecule has 0 amide bonds. The third kappa shape index (κ3) is 3.12. The monoisotopic (exact) mass is 347 g/mol. The van der Waals surface area contributed by atoms with Crippen LogP contribution >= 0.6 is 0 Å². The van der Waals surface area contributed by atoms with E-state index in [9.17, 15) is 9.59 Å². The molecule has 7 heteroatoms. The summed E-state index contributed by atoms with van der Waals surface area (Å²) in [5, 5.41) is 1.14. The topological polar surface area (TPSA) is 94.7 Å². The molecule has 0 saturated heterocycles. The van der Waals surface area contributed by atoms with E-state index in [2.05, 4.69) is 19.9 Å². The molecule has 130 valence electrons. The fraction of sp³-hybridized carbons (Fsp3) is 0.158. The summed E-state index contributed by atoms with van der Waals surface area (Å²) in [5.41, 5.74) is 1.02. The number of para-hydroxylation sites is 2. The Hall–Kier alpha value is -3.32. The average Bonchev–Trinajstić information content (AvgIpc) is 2.61. The second-order valence-corrected chi connectivity index (χ2v) is 6.23. The van der Waals surface area contributed by atoms with Crippen LogP contribution in [0.3, 0.4) is 0 Å². The molecule has 0 atom stereocenters. The van der Waals surface area contributed by atoms with Crippen LogP contribution in [0.5, 0.6) is 0 Å². The SMILES string of the molecule is CN(Cc1nc2ccccc2c(=O)[nH]1)Cc1nc2ccccc2c(=O)[nH]1. The van der Waals surface area contributed by atoms with Gasteiger partial charge in [0.05, 0.1) is 34.9 Å². The summed E-state index contributed by atoms with van der Waals surface area (Å²) < 4.78 is 0. The smallest absolute Gasteiger partial charge is 0.258 e. The molecule has 2 aromatic carbocycles. The van der Waals surface area contributed by atoms with Crippen LogP contribution < -0.4 is 11.1 Å². The molecule has 2 heterocycles. The van der Waals surface area contributed by atoms with Crippen molar-refractivity contribution >= 4 is 21.8 Å². The first-order valence-corrected chi connectivity index (χ1v) is 8.24. The molecule has 0 saturated carbocycles. The summed E-state index contributed by atoms with van der Waals surface area (Å²) in [6.07, 6.45) is 0. The van der Waals surface area contributed by atoms with E-state index < -0.39 is 0 Å². The summed E-state index contributed by atoms with van der Waals surface area (Å²) in [7, 11) is 1.88. The van der Waals surface area contributed by atoms with E-state index in [1.165, 1.54) is 0 Å². The second kappa shape index (κ2) is 6.53. The highest BCUT2D eigenvalue weighted by molar-refractivity contribution is 5.77. The van der Waals surface area contributed by atoms with Crippen molar-refractivity contribution in [1.29, 1.82) is 0 Å². The highest BCUT2D eigenvalue weighted by Crippen LogP contribution is 2.09. The molecule has 26 heavy (non-hydrogen) atoms. The number of aromatic amines is 2. The van der Waals surface area contributed by atoms with Gasteiger partial charge in [0.25, 0.3) is 11.1 Å². The fourth-order valence-corrected chi connectivity index (χ4v) is 2.99. The molecule has 0 radical (unpaired) electrons. The van der Waals surface area contributed by atoms with Crippen molar-refractivity contribution < 1.29 is 0 Å². The van der Waals surface area contributed by atoms with Crippen molar-refractivity contribution in [3.8, 4) is 0 Å². The molecule has 0 bridgehead atoms. The van der Waals surface area contributed by atoms with Crippen molar-refractivity contribution in [3.05, 3.63) is 80.9 Å². The van der Waals surface area contributed by atoms with Gasteiger partial charge in [-0.1, -0.05) is 24.3 Å². The van der Waals surface area contributed by atoms with Crippen LogP contribution in [0.15, 0.2) is 58.1 Å². The molecule has 0 fully saturated rings. The molecule has 7 nitrogen and oxygen atoms in total. The van der Waals surface area contributed by atoms with Crippen LogP contribution in [0.25, 0.3) is 21.8 Å². The first-order chi connectivity index (χ1) is 12.6. The van der Waals surface area contributed by atoms with Gasteiger partial charge in [0.1, 0.15) is 11.6 Å². The summed E-state index contributed by atoms with van der Waals surface area (Å²) in [6.45, 7) is 0.854. The third-order valence-corrected chi connectivity index (χ3v) is 4.16. The molecule has 2 N–H and O–H groups in total. The van der Waals surface area contributed by atoms with E-state index in [0.717, 1.165) is 0 Å². The molecular formula is C19H17N5O2. The van der Waals surface area contributed by atoms with Gasteiger partial charge in [-0.3, -0.25) is 14.5 Å². The van der Waals surface area contributed by atoms with Crippen LogP contribution in [0.2, 0.25) is 0 Å².